The lowest BCUT2D eigenvalue weighted by atomic mass is 9.87. The Kier molecular flexibility index (Phi) is 3.93. The second kappa shape index (κ2) is 5.47. The van der Waals surface area contributed by atoms with Gasteiger partial charge in [-0.25, -0.2) is 4.79 Å². The molecule has 2 N–H and O–H groups in total. The molecule has 1 fully saturated rings. The number of hydrogen-bond donors (Lipinski definition) is 2. The Morgan fingerprint density at radius 1 is 1.21 bits per heavy atom. The van der Waals surface area contributed by atoms with Crippen molar-refractivity contribution in [3.05, 3.63) is 42.1 Å². The molecule has 1 aliphatic rings. The van der Waals surface area contributed by atoms with E-state index in [9.17, 15) is 4.79 Å². The summed E-state index contributed by atoms with van der Waals surface area (Å²) >= 11 is 0. The molecular formula is C16H22N2O. The minimum absolute atomic E-state index is 0.133. The van der Waals surface area contributed by atoms with Crippen LogP contribution < -0.4 is 10.6 Å². The normalized spacial score (nSPS) is 15.5. The SMILES string of the molecule is CC(C)(C)c1ccc(NC(=O)N/C=C/C2CC2)cc1. The third-order valence-corrected chi connectivity index (χ3v) is 3.21. The van der Waals surface area contributed by atoms with Gasteiger partial charge >= 0.3 is 6.03 Å². The van der Waals surface area contributed by atoms with E-state index in [2.05, 4.69) is 43.5 Å². The summed E-state index contributed by atoms with van der Waals surface area (Å²) in [6.45, 7) is 6.51. The summed E-state index contributed by atoms with van der Waals surface area (Å²) in [7, 11) is 0. The molecule has 2 amide bonds. The number of rotatable bonds is 3. The van der Waals surface area contributed by atoms with Gasteiger partial charge in [-0.15, -0.1) is 0 Å². The van der Waals surface area contributed by atoms with E-state index < -0.39 is 0 Å². The predicted octanol–water partition coefficient (Wildman–Crippen LogP) is 4.03. The lowest BCUT2D eigenvalue weighted by Gasteiger charge is -2.19. The summed E-state index contributed by atoms with van der Waals surface area (Å²) in [6, 6.07) is 7.78. The molecule has 3 nitrogen and oxygen atoms in total. The highest BCUT2D eigenvalue weighted by Crippen LogP contribution is 2.29. The van der Waals surface area contributed by atoms with Gasteiger partial charge in [-0.2, -0.15) is 0 Å². The second-order valence-electron chi connectivity index (χ2n) is 6.12. The maximum Gasteiger partial charge on any atom is 0.323 e. The molecule has 0 spiro atoms. The minimum Gasteiger partial charge on any atom is -0.315 e. The Morgan fingerprint density at radius 2 is 1.84 bits per heavy atom. The molecule has 0 bridgehead atoms. The van der Waals surface area contributed by atoms with Crippen LogP contribution in [0.1, 0.15) is 39.2 Å². The molecular weight excluding hydrogens is 236 g/mol. The third kappa shape index (κ3) is 4.43. The Balaban J connectivity index is 1.86. The predicted molar refractivity (Wildman–Crippen MR) is 79.2 cm³/mol. The molecule has 19 heavy (non-hydrogen) atoms. The lowest BCUT2D eigenvalue weighted by Crippen LogP contribution is -2.23. The number of urea groups is 1. The van der Waals surface area contributed by atoms with Crippen LogP contribution in [0.3, 0.4) is 0 Å². The first kappa shape index (κ1) is 13.7. The molecule has 3 heteroatoms. The zero-order valence-electron chi connectivity index (χ0n) is 11.9. The largest absolute Gasteiger partial charge is 0.323 e. The Morgan fingerprint density at radius 3 is 2.37 bits per heavy atom. The number of nitrogens with one attached hydrogen (secondary N) is 2. The highest BCUT2D eigenvalue weighted by Gasteiger charge is 2.17. The summed E-state index contributed by atoms with van der Waals surface area (Å²) in [5.74, 6) is 0.673. The molecule has 0 heterocycles. The molecule has 0 saturated heterocycles. The topological polar surface area (TPSA) is 41.1 Å². The zero-order valence-corrected chi connectivity index (χ0v) is 11.9. The molecule has 1 aromatic rings. The Labute approximate surface area is 115 Å². The van der Waals surface area contributed by atoms with Crippen LogP contribution in [-0.4, -0.2) is 6.03 Å². The molecule has 1 aromatic carbocycles. The zero-order chi connectivity index (χ0) is 13.9. The summed E-state index contributed by atoms with van der Waals surface area (Å²) < 4.78 is 0. The van der Waals surface area contributed by atoms with Gasteiger partial charge in [0.25, 0.3) is 0 Å². The molecule has 0 unspecified atom stereocenters. The molecule has 0 aromatic heterocycles. The van der Waals surface area contributed by atoms with Gasteiger partial charge in [0.15, 0.2) is 0 Å². The van der Waals surface area contributed by atoms with Crippen molar-refractivity contribution in [3.8, 4) is 0 Å². The first-order valence-electron chi connectivity index (χ1n) is 6.80. The number of allylic oxidation sites excluding steroid dienone is 1. The smallest absolute Gasteiger partial charge is 0.315 e. The molecule has 1 aliphatic carbocycles. The average molecular weight is 258 g/mol. The van der Waals surface area contributed by atoms with Crippen molar-refractivity contribution in [1.82, 2.24) is 5.32 Å². The van der Waals surface area contributed by atoms with E-state index in [1.807, 2.05) is 18.2 Å². The average Bonchev–Trinajstić information content (AvgIpc) is 3.12. The highest BCUT2D eigenvalue weighted by atomic mass is 16.2. The molecule has 0 aliphatic heterocycles. The number of anilines is 1. The monoisotopic (exact) mass is 258 g/mol. The second-order valence-corrected chi connectivity index (χ2v) is 6.12. The molecule has 1 saturated carbocycles. The van der Waals surface area contributed by atoms with Crippen LogP contribution >= 0.6 is 0 Å². The molecule has 0 atom stereocenters. The van der Waals surface area contributed by atoms with Crippen LogP contribution in [-0.2, 0) is 5.41 Å². The Hall–Kier alpha value is -1.77. The Bertz CT molecular complexity index is 465. The van der Waals surface area contributed by atoms with Crippen molar-refractivity contribution in [3.63, 3.8) is 0 Å². The van der Waals surface area contributed by atoms with Crippen LogP contribution in [0.25, 0.3) is 0 Å². The fraction of sp³-hybridized carbons (Fsp3) is 0.438. The fourth-order valence-electron chi connectivity index (χ4n) is 1.77. The van der Waals surface area contributed by atoms with Crippen LogP contribution in [0.15, 0.2) is 36.5 Å². The minimum atomic E-state index is -0.194. The van der Waals surface area contributed by atoms with Crippen LogP contribution in [0.5, 0.6) is 0 Å². The maximum atomic E-state index is 11.6. The quantitative estimate of drug-likeness (QED) is 0.844. The van der Waals surface area contributed by atoms with Crippen LogP contribution in [0.4, 0.5) is 10.5 Å². The molecule has 102 valence electrons. The fourth-order valence-corrected chi connectivity index (χ4v) is 1.77. The van der Waals surface area contributed by atoms with Crippen molar-refractivity contribution in [2.45, 2.75) is 39.0 Å². The van der Waals surface area contributed by atoms with E-state index in [0.717, 1.165) is 5.69 Å². The van der Waals surface area contributed by atoms with E-state index >= 15 is 0 Å². The first-order chi connectivity index (χ1) is 8.95. The molecule has 2 rings (SSSR count). The van der Waals surface area contributed by atoms with Crippen molar-refractivity contribution in [2.24, 2.45) is 5.92 Å². The van der Waals surface area contributed by atoms with Crippen molar-refractivity contribution in [2.75, 3.05) is 5.32 Å². The van der Waals surface area contributed by atoms with Crippen LogP contribution in [0.2, 0.25) is 0 Å². The summed E-state index contributed by atoms with van der Waals surface area (Å²) in [5.41, 5.74) is 2.20. The van der Waals surface area contributed by atoms with Gasteiger partial charge in [-0.05, 0) is 41.9 Å². The first-order valence-corrected chi connectivity index (χ1v) is 6.80. The van der Waals surface area contributed by atoms with Gasteiger partial charge < -0.3 is 10.6 Å². The number of hydrogen-bond acceptors (Lipinski definition) is 1. The van der Waals surface area contributed by atoms with E-state index in [1.54, 1.807) is 6.20 Å². The molecule has 0 radical (unpaired) electrons. The van der Waals surface area contributed by atoms with Gasteiger partial charge in [0.2, 0.25) is 0 Å². The van der Waals surface area contributed by atoms with Gasteiger partial charge in [0.1, 0.15) is 0 Å². The standard InChI is InChI=1S/C16H22N2O/c1-16(2,3)13-6-8-14(9-7-13)18-15(19)17-11-10-12-4-5-12/h6-12H,4-5H2,1-3H3,(H2,17,18,19)/b11-10+. The van der Waals surface area contributed by atoms with Crippen molar-refractivity contribution in [1.29, 1.82) is 0 Å². The maximum absolute atomic E-state index is 11.6. The van der Waals surface area contributed by atoms with Gasteiger partial charge in [0.05, 0.1) is 0 Å². The summed E-state index contributed by atoms with van der Waals surface area (Å²) in [6.07, 6.45) is 6.26. The number of carbonyl (C=O) groups is 1. The van der Waals surface area contributed by atoms with Crippen molar-refractivity contribution < 1.29 is 4.79 Å². The van der Waals surface area contributed by atoms with E-state index in [0.29, 0.717) is 5.92 Å². The summed E-state index contributed by atoms with van der Waals surface area (Å²) in [4.78, 5) is 11.6. The highest BCUT2D eigenvalue weighted by molar-refractivity contribution is 5.89. The number of carbonyl (C=O) groups excluding carboxylic acids is 1. The third-order valence-electron chi connectivity index (χ3n) is 3.21. The lowest BCUT2D eigenvalue weighted by molar-refractivity contribution is 0.255. The van der Waals surface area contributed by atoms with Gasteiger partial charge in [-0.1, -0.05) is 39.0 Å². The van der Waals surface area contributed by atoms with Crippen LogP contribution in [0, 0.1) is 5.92 Å². The van der Waals surface area contributed by atoms with E-state index in [4.69, 9.17) is 0 Å². The summed E-state index contributed by atoms with van der Waals surface area (Å²) in [5, 5.41) is 5.53. The number of amides is 2. The van der Waals surface area contributed by atoms with Gasteiger partial charge in [0, 0.05) is 11.9 Å². The van der Waals surface area contributed by atoms with E-state index in [1.165, 1.54) is 18.4 Å². The van der Waals surface area contributed by atoms with Crippen molar-refractivity contribution >= 4 is 11.7 Å². The number of benzene rings is 1. The van der Waals surface area contributed by atoms with Gasteiger partial charge in [-0.3, -0.25) is 0 Å². The van der Waals surface area contributed by atoms with E-state index in [-0.39, 0.29) is 11.4 Å².